The molecule has 0 aliphatic heterocycles. The van der Waals surface area contributed by atoms with E-state index in [0.717, 1.165) is 0 Å². The van der Waals surface area contributed by atoms with Crippen LogP contribution in [0.1, 0.15) is 22.5 Å². The summed E-state index contributed by atoms with van der Waals surface area (Å²) in [5, 5.41) is 6.71. The molecule has 2 rings (SSSR count). The highest BCUT2D eigenvalue weighted by molar-refractivity contribution is 7.92. The fourth-order valence-corrected chi connectivity index (χ4v) is 3.53. The quantitative estimate of drug-likeness (QED) is 0.744. The van der Waals surface area contributed by atoms with Gasteiger partial charge in [-0.05, 0) is 38.5 Å². The number of H-pyrrole nitrogens is 1. The summed E-state index contributed by atoms with van der Waals surface area (Å²) in [6.45, 7) is 5.18. The van der Waals surface area contributed by atoms with Gasteiger partial charge in [-0.1, -0.05) is 18.3 Å². The summed E-state index contributed by atoms with van der Waals surface area (Å²) >= 11 is 4.89. The minimum Gasteiger partial charge on any atom is -0.389 e. The highest BCUT2D eigenvalue weighted by Gasteiger charge is 2.20. The maximum absolute atomic E-state index is 12.5. The lowest BCUT2D eigenvalue weighted by Crippen LogP contribution is -2.16. The van der Waals surface area contributed by atoms with E-state index in [4.69, 9.17) is 18.0 Å². The molecule has 2 aromatic rings. The van der Waals surface area contributed by atoms with Crippen LogP contribution in [0.15, 0.2) is 23.1 Å². The second-order valence-corrected chi connectivity index (χ2v) is 6.85. The molecule has 8 heteroatoms. The molecule has 112 valence electrons. The van der Waals surface area contributed by atoms with Gasteiger partial charge in [0.15, 0.2) is 0 Å². The number of sulfonamides is 1. The second kappa shape index (κ2) is 5.45. The Morgan fingerprint density at radius 2 is 2.00 bits per heavy atom. The Labute approximate surface area is 128 Å². The summed E-state index contributed by atoms with van der Waals surface area (Å²) in [5.74, 6) is 0. The summed E-state index contributed by atoms with van der Waals surface area (Å²) in [5.41, 5.74) is 8.47. The van der Waals surface area contributed by atoms with E-state index < -0.39 is 10.0 Å². The summed E-state index contributed by atoms with van der Waals surface area (Å²) < 4.78 is 27.5. The van der Waals surface area contributed by atoms with Crippen LogP contribution in [-0.2, 0) is 10.0 Å². The predicted molar refractivity (Wildman–Crippen MR) is 85.9 cm³/mol. The molecular formula is C13H16N4O2S2. The number of nitrogens with zero attached hydrogens (tertiary/aromatic N) is 1. The first kappa shape index (κ1) is 15.5. The second-order valence-electron chi connectivity index (χ2n) is 4.76. The molecule has 0 fully saturated rings. The van der Waals surface area contributed by atoms with Gasteiger partial charge < -0.3 is 5.73 Å². The molecular weight excluding hydrogens is 308 g/mol. The van der Waals surface area contributed by atoms with Crippen LogP contribution in [0.5, 0.6) is 0 Å². The van der Waals surface area contributed by atoms with Crippen molar-refractivity contribution in [3.05, 3.63) is 40.7 Å². The van der Waals surface area contributed by atoms with Crippen LogP contribution in [0.4, 0.5) is 5.69 Å². The number of aromatic nitrogens is 2. The Hall–Kier alpha value is -1.93. The minimum atomic E-state index is -3.70. The molecule has 0 aliphatic rings. The normalized spacial score (nSPS) is 11.4. The molecule has 0 amide bonds. The van der Waals surface area contributed by atoms with Crippen molar-refractivity contribution in [2.75, 3.05) is 4.72 Å². The zero-order valence-electron chi connectivity index (χ0n) is 11.9. The molecule has 0 bridgehead atoms. The third-order valence-corrected chi connectivity index (χ3v) is 4.86. The minimum absolute atomic E-state index is 0.183. The summed E-state index contributed by atoms with van der Waals surface area (Å²) in [6.07, 6.45) is 0. The third kappa shape index (κ3) is 3.06. The van der Waals surface area contributed by atoms with Crippen LogP contribution in [0, 0.1) is 20.8 Å². The molecule has 6 nitrogen and oxygen atoms in total. The van der Waals surface area contributed by atoms with Gasteiger partial charge in [-0.2, -0.15) is 5.10 Å². The molecule has 0 atom stereocenters. The molecule has 1 heterocycles. The fourth-order valence-electron chi connectivity index (χ4n) is 1.99. The number of anilines is 1. The van der Waals surface area contributed by atoms with Crippen molar-refractivity contribution in [1.29, 1.82) is 0 Å². The number of nitrogens with two attached hydrogens (primary N) is 1. The van der Waals surface area contributed by atoms with Gasteiger partial charge in [-0.3, -0.25) is 9.82 Å². The summed E-state index contributed by atoms with van der Waals surface area (Å²) in [6, 6.07) is 4.75. The van der Waals surface area contributed by atoms with Crippen LogP contribution in [-0.4, -0.2) is 23.6 Å². The van der Waals surface area contributed by atoms with Crippen molar-refractivity contribution in [1.82, 2.24) is 10.2 Å². The number of nitrogens with one attached hydrogen (secondary N) is 2. The number of hydrogen-bond acceptors (Lipinski definition) is 4. The zero-order valence-corrected chi connectivity index (χ0v) is 13.5. The number of benzene rings is 1. The number of aromatic amines is 1. The monoisotopic (exact) mass is 324 g/mol. The lowest BCUT2D eigenvalue weighted by atomic mass is 10.1. The number of thiocarbonyl (C=S) groups is 1. The molecule has 4 N–H and O–H groups in total. The van der Waals surface area contributed by atoms with Crippen molar-refractivity contribution in [2.24, 2.45) is 5.73 Å². The van der Waals surface area contributed by atoms with Crippen LogP contribution in [0.25, 0.3) is 0 Å². The smallest absolute Gasteiger partial charge is 0.262 e. The first-order chi connectivity index (χ1) is 9.72. The maximum Gasteiger partial charge on any atom is 0.262 e. The molecule has 0 aliphatic carbocycles. The lowest BCUT2D eigenvalue weighted by molar-refractivity contribution is 0.600. The SMILES string of the molecule is Cc1cc(C(N)=S)ccc1S(=O)(=O)Nc1c(C)n[nH]c1C. The van der Waals surface area contributed by atoms with Gasteiger partial charge in [-0.25, -0.2) is 8.42 Å². The highest BCUT2D eigenvalue weighted by atomic mass is 32.2. The molecule has 0 unspecified atom stereocenters. The predicted octanol–water partition coefficient (Wildman–Crippen LogP) is 1.77. The van der Waals surface area contributed by atoms with E-state index in [0.29, 0.717) is 28.2 Å². The number of rotatable bonds is 4. The average Bonchev–Trinajstić information content (AvgIpc) is 2.69. The van der Waals surface area contributed by atoms with Gasteiger partial charge in [-0.15, -0.1) is 0 Å². The molecule has 0 spiro atoms. The summed E-state index contributed by atoms with van der Waals surface area (Å²) in [4.78, 5) is 0.416. The molecule has 1 aromatic heterocycles. The van der Waals surface area contributed by atoms with Gasteiger partial charge in [0.1, 0.15) is 4.99 Å². The van der Waals surface area contributed by atoms with Gasteiger partial charge in [0.2, 0.25) is 0 Å². The van der Waals surface area contributed by atoms with E-state index in [9.17, 15) is 8.42 Å². The molecule has 21 heavy (non-hydrogen) atoms. The maximum atomic E-state index is 12.5. The Morgan fingerprint density at radius 3 is 2.48 bits per heavy atom. The molecule has 0 saturated carbocycles. The molecule has 0 radical (unpaired) electrons. The Balaban J connectivity index is 2.43. The topological polar surface area (TPSA) is 101 Å². The largest absolute Gasteiger partial charge is 0.389 e. The summed E-state index contributed by atoms with van der Waals surface area (Å²) in [7, 11) is -3.70. The number of aryl methyl sites for hydroxylation is 3. The van der Waals surface area contributed by atoms with Gasteiger partial charge in [0.05, 0.1) is 22.0 Å². The van der Waals surface area contributed by atoms with Crippen LogP contribution >= 0.6 is 12.2 Å². The van der Waals surface area contributed by atoms with Crippen molar-refractivity contribution >= 4 is 32.9 Å². The van der Waals surface area contributed by atoms with Gasteiger partial charge in [0.25, 0.3) is 10.0 Å². The lowest BCUT2D eigenvalue weighted by Gasteiger charge is -2.11. The average molecular weight is 324 g/mol. The van der Waals surface area contributed by atoms with Crippen LogP contribution < -0.4 is 10.5 Å². The first-order valence-electron chi connectivity index (χ1n) is 6.17. The van der Waals surface area contributed by atoms with Crippen molar-refractivity contribution < 1.29 is 8.42 Å². The zero-order chi connectivity index (χ0) is 15.8. The first-order valence-corrected chi connectivity index (χ1v) is 8.06. The van der Waals surface area contributed by atoms with Crippen LogP contribution in [0.3, 0.4) is 0 Å². The molecule has 1 aromatic carbocycles. The fraction of sp³-hybridized carbons (Fsp3) is 0.231. The van der Waals surface area contributed by atoms with Gasteiger partial charge in [0, 0.05) is 5.56 Å². The van der Waals surface area contributed by atoms with E-state index in [-0.39, 0.29) is 9.88 Å². The van der Waals surface area contributed by atoms with Crippen LogP contribution in [0.2, 0.25) is 0 Å². The third-order valence-electron chi connectivity index (χ3n) is 3.11. The Morgan fingerprint density at radius 1 is 1.33 bits per heavy atom. The highest BCUT2D eigenvalue weighted by Crippen LogP contribution is 2.23. The van der Waals surface area contributed by atoms with E-state index in [1.165, 1.54) is 6.07 Å². The van der Waals surface area contributed by atoms with E-state index in [1.807, 2.05) is 0 Å². The van der Waals surface area contributed by atoms with Crippen molar-refractivity contribution in [3.8, 4) is 0 Å². The van der Waals surface area contributed by atoms with E-state index in [2.05, 4.69) is 14.9 Å². The van der Waals surface area contributed by atoms with Crippen molar-refractivity contribution in [3.63, 3.8) is 0 Å². The van der Waals surface area contributed by atoms with E-state index >= 15 is 0 Å². The molecule has 0 saturated heterocycles. The Bertz CT molecular complexity index is 790. The number of hydrogen-bond donors (Lipinski definition) is 3. The van der Waals surface area contributed by atoms with Gasteiger partial charge >= 0.3 is 0 Å². The van der Waals surface area contributed by atoms with E-state index in [1.54, 1.807) is 32.9 Å². The standard InChI is InChI=1S/C13H16N4O2S2/c1-7-6-10(13(14)20)4-5-11(7)21(18,19)17-12-8(2)15-16-9(12)3/h4-6,17H,1-3H3,(H2,14,20)(H,15,16). The Kier molecular flexibility index (Phi) is 4.02. The van der Waals surface area contributed by atoms with Crippen molar-refractivity contribution in [2.45, 2.75) is 25.7 Å².